The number of aromatic amines is 1. The summed E-state index contributed by atoms with van der Waals surface area (Å²) >= 11 is 0. The zero-order chi connectivity index (χ0) is 11.8. The number of nitrogens with two attached hydrogens (primary N) is 1. The number of aromatic nitrogens is 1. The van der Waals surface area contributed by atoms with Gasteiger partial charge >= 0.3 is 0 Å². The second-order valence-electron chi connectivity index (χ2n) is 4.84. The molecule has 0 amide bonds. The first-order chi connectivity index (χ1) is 8.22. The van der Waals surface area contributed by atoms with Crippen molar-refractivity contribution in [3.63, 3.8) is 0 Å². The molecule has 4 N–H and O–H groups in total. The van der Waals surface area contributed by atoms with Gasteiger partial charge in [0.05, 0.1) is 6.04 Å². The third kappa shape index (κ3) is 2.01. The standard InChI is InChI=1S/C13H18N4/c1-17-5-4-15-13(8-17)12-7-9-6-10(14)2-3-11(9)16-12/h2-3,6-7,13,15-16H,4-5,8,14H2,1H3. The molecule has 3 rings (SSSR count). The van der Waals surface area contributed by atoms with Crippen molar-refractivity contribution in [2.75, 3.05) is 32.4 Å². The number of rotatable bonds is 1. The maximum absolute atomic E-state index is 5.80. The van der Waals surface area contributed by atoms with Crippen LogP contribution >= 0.6 is 0 Å². The third-order valence-corrected chi connectivity index (χ3v) is 3.42. The number of benzene rings is 1. The highest BCUT2D eigenvalue weighted by Gasteiger charge is 2.19. The lowest BCUT2D eigenvalue weighted by Crippen LogP contribution is -2.43. The molecule has 0 bridgehead atoms. The molecule has 1 aliphatic rings. The van der Waals surface area contributed by atoms with Crippen LogP contribution in [0.25, 0.3) is 10.9 Å². The minimum Gasteiger partial charge on any atom is -0.399 e. The summed E-state index contributed by atoms with van der Waals surface area (Å²) in [6, 6.07) is 8.58. The van der Waals surface area contributed by atoms with E-state index in [9.17, 15) is 0 Å². The lowest BCUT2D eigenvalue weighted by atomic mass is 10.1. The van der Waals surface area contributed by atoms with Gasteiger partial charge in [-0.1, -0.05) is 0 Å². The van der Waals surface area contributed by atoms with Crippen molar-refractivity contribution in [1.82, 2.24) is 15.2 Å². The van der Waals surface area contributed by atoms with E-state index in [-0.39, 0.29) is 0 Å². The quantitative estimate of drug-likeness (QED) is 0.648. The van der Waals surface area contributed by atoms with Crippen LogP contribution in [0.4, 0.5) is 5.69 Å². The van der Waals surface area contributed by atoms with Crippen molar-refractivity contribution in [3.05, 3.63) is 30.0 Å². The van der Waals surface area contributed by atoms with Gasteiger partial charge in [-0.3, -0.25) is 0 Å². The Morgan fingerprint density at radius 1 is 1.35 bits per heavy atom. The van der Waals surface area contributed by atoms with Crippen molar-refractivity contribution in [2.45, 2.75) is 6.04 Å². The lowest BCUT2D eigenvalue weighted by molar-refractivity contribution is 0.239. The van der Waals surface area contributed by atoms with Gasteiger partial charge in [0.1, 0.15) is 0 Å². The number of nitrogens with zero attached hydrogens (tertiary/aromatic N) is 1. The summed E-state index contributed by atoms with van der Waals surface area (Å²) in [5, 5.41) is 4.73. The molecule has 1 fully saturated rings. The first-order valence-corrected chi connectivity index (χ1v) is 6.02. The Hall–Kier alpha value is -1.52. The molecule has 90 valence electrons. The van der Waals surface area contributed by atoms with Crippen LogP contribution in [-0.4, -0.2) is 36.6 Å². The molecular weight excluding hydrogens is 212 g/mol. The minimum atomic E-state index is 0.391. The molecule has 17 heavy (non-hydrogen) atoms. The molecule has 4 nitrogen and oxygen atoms in total. The molecule has 0 spiro atoms. The molecule has 1 saturated heterocycles. The van der Waals surface area contributed by atoms with E-state index in [1.165, 1.54) is 11.1 Å². The summed E-state index contributed by atoms with van der Waals surface area (Å²) in [4.78, 5) is 5.82. The highest BCUT2D eigenvalue weighted by Crippen LogP contribution is 2.23. The lowest BCUT2D eigenvalue weighted by Gasteiger charge is -2.30. The monoisotopic (exact) mass is 230 g/mol. The van der Waals surface area contributed by atoms with Crippen molar-refractivity contribution in [1.29, 1.82) is 0 Å². The molecule has 1 aromatic heterocycles. The normalized spacial score (nSPS) is 22.1. The first kappa shape index (κ1) is 10.6. The Morgan fingerprint density at radius 3 is 3.06 bits per heavy atom. The van der Waals surface area contributed by atoms with Gasteiger partial charge in [0, 0.05) is 41.9 Å². The van der Waals surface area contributed by atoms with Crippen molar-refractivity contribution in [3.8, 4) is 0 Å². The summed E-state index contributed by atoms with van der Waals surface area (Å²) in [5.41, 5.74) is 9.02. The van der Waals surface area contributed by atoms with E-state index < -0.39 is 0 Å². The number of likely N-dealkylation sites (N-methyl/N-ethyl adjacent to an activating group) is 1. The van der Waals surface area contributed by atoms with Gasteiger partial charge in [0.25, 0.3) is 0 Å². The van der Waals surface area contributed by atoms with E-state index in [0.29, 0.717) is 6.04 Å². The molecule has 2 aromatic rings. The molecule has 2 heterocycles. The number of H-pyrrole nitrogens is 1. The number of hydrogen-bond acceptors (Lipinski definition) is 3. The van der Waals surface area contributed by atoms with Gasteiger partial charge in [0.15, 0.2) is 0 Å². The molecule has 1 aromatic carbocycles. The maximum Gasteiger partial charge on any atom is 0.0602 e. The van der Waals surface area contributed by atoms with Crippen LogP contribution in [0.2, 0.25) is 0 Å². The molecule has 0 radical (unpaired) electrons. The van der Waals surface area contributed by atoms with Crippen molar-refractivity contribution in [2.24, 2.45) is 0 Å². The predicted molar refractivity (Wildman–Crippen MR) is 71.0 cm³/mol. The average Bonchev–Trinajstić information content (AvgIpc) is 2.72. The third-order valence-electron chi connectivity index (χ3n) is 3.42. The fourth-order valence-corrected chi connectivity index (χ4v) is 2.47. The second-order valence-corrected chi connectivity index (χ2v) is 4.84. The summed E-state index contributed by atoms with van der Waals surface area (Å²) in [5.74, 6) is 0. The number of nitrogens with one attached hydrogen (secondary N) is 2. The van der Waals surface area contributed by atoms with Crippen LogP contribution in [0, 0.1) is 0 Å². The Bertz CT molecular complexity index is 531. The van der Waals surface area contributed by atoms with E-state index >= 15 is 0 Å². The molecule has 0 aliphatic carbocycles. The van der Waals surface area contributed by atoms with E-state index in [0.717, 1.165) is 30.8 Å². The topological polar surface area (TPSA) is 57.1 Å². The summed E-state index contributed by atoms with van der Waals surface area (Å²) in [6.07, 6.45) is 0. The molecular formula is C13H18N4. The smallest absolute Gasteiger partial charge is 0.0602 e. The van der Waals surface area contributed by atoms with E-state index in [1.807, 2.05) is 18.2 Å². The van der Waals surface area contributed by atoms with Gasteiger partial charge in [-0.05, 0) is 31.3 Å². The zero-order valence-corrected chi connectivity index (χ0v) is 10.0. The summed E-state index contributed by atoms with van der Waals surface area (Å²) in [6.45, 7) is 3.20. The van der Waals surface area contributed by atoms with Gasteiger partial charge < -0.3 is 20.9 Å². The summed E-state index contributed by atoms with van der Waals surface area (Å²) < 4.78 is 0. The number of anilines is 1. The van der Waals surface area contributed by atoms with E-state index in [2.05, 4.69) is 28.3 Å². The van der Waals surface area contributed by atoms with E-state index in [4.69, 9.17) is 5.73 Å². The maximum atomic E-state index is 5.80. The van der Waals surface area contributed by atoms with Crippen LogP contribution in [-0.2, 0) is 0 Å². The van der Waals surface area contributed by atoms with Crippen LogP contribution in [0.15, 0.2) is 24.3 Å². The number of piperazine rings is 1. The Kier molecular flexibility index (Phi) is 2.53. The van der Waals surface area contributed by atoms with Crippen LogP contribution in [0.5, 0.6) is 0 Å². The van der Waals surface area contributed by atoms with Gasteiger partial charge in [-0.2, -0.15) is 0 Å². The Balaban J connectivity index is 1.94. The van der Waals surface area contributed by atoms with E-state index in [1.54, 1.807) is 0 Å². The predicted octanol–water partition coefficient (Wildman–Crippen LogP) is 1.33. The van der Waals surface area contributed by atoms with Crippen LogP contribution < -0.4 is 11.1 Å². The number of fused-ring (bicyclic) bond motifs is 1. The zero-order valence-electron chi connectivity index (χ0n) is 10.0. The van der Waals surface area contributed by atoms with Crippen LogP contribution in [0.1, 0.15) is 11.7 Å². The highest BCUT2D eigenvalue weighted by atomic mass is 15.2. The van der Waals surface area contributed by atoms with Crippen molar-refractivity contribution < 1.29 is 0 Å². The fraction of sp³-hybridized carbons (Fsp3) is 0.385. The Labute approximate surface area is 101 Å². The number of nitrogen functional groups attached to an aromatic ring is 1. The average molecular weight is 230 g/mol. The molecule has 1 unspecified atom stereocenters. The fourth-order valence-electron chi connectivity index (χ4n) is 2.47. The number of hydrogen-bond donors (Lipinski definition) is 3. The SMILES string of the molecule is CN1CCNC(c2cc3cc(N)ccc3[nH]2)C1. The molecule has 0 saturated carbocycles. The van der Waals surface area contributed by atoms with Gasteiger partial charge in [0.2, 0.25) is 0 Å². The first-order valence-electron chi connectivity index (χ1n) is 6.02. The second kappa shape index (κ2) is 4.05. The Morgan fingerprint density at radius 2 is 2.24 bits per heavy atom. The van der Waals surface area contributed by atoms with Crippen LogP contribution in [0.3, 0.4) is 0 Å². The molecule has 1 aliphatic heterocycles. The molecule has 4 heteroatoms. The largest absolute Gasteiger partial charge is 0.399 e. The van der Waals surface area contributed by atoms with Crippen molar-refractivity contribution >= 4 is 16.6 Å². The van der Waals surface area contributed by atoms with Gasteiger partial charge in [-0.15, -0.1) is 0 Å². The highest BCUT2D eigenvalue weighted by molar-refractivity contribution is 5.83. The molecule has 1 atom stereocenters. The minimum absolute atomic E-state index is 0.391. The van der Waals surface area contributed by atoms with Gasteiger partial charge in [-0.25, -0.2) is 0 Å². The summed E-state index contributed by atoms with van der Waals surface area (Å²) in [7, 11) is 2.16.